The Balaban J connectivity index is 1.75. The van der Waals surface area contributed by atoms with Gasteiger partial charge in [-0.25, -0.2) is 4.99 Å². The maximum atomic E-state index is 5.67. The minimum Gasteiger partial charge on any atom is -0.381 e. The molecule has 0 spiro atoms. The summed E-state index contributed by atoms with van der Waals surface area (Å²) in [5.74, 6) is 0.876. The van der Waals surface area contributed by atoms with E-state index in [1.54, 1.807) is 0 Å². The van der Waals surface area contributed by atoms with Crippen molar-refractivity contribution >= 4 is 5.96 Å². The van der Waals surface area contributed by atoms with E-state index in [0.717, 1.165) is 45.1 Å². The molecule has 1 aliphatic heterocycles. The average Bonchev–Trinajstić information content (AvgIpc) is 2.72. The Kier molecular flexibility index (Phi) is 6.88. The van der Waals surface area contributed by atoms with E-state index >= 15 is 0 Å². The Morgan fingerprint density at radius 3 is 2.41 bits per heavy atom. The molecule has 1 aliphatic rings. The molecule has 4 nitrogen and oxygen atoms in total. The Hall–Kier alpha value is -2.33. The standard InChI is InChI=1S/C23H31N3O/c1-3-24-22(25-17-20-10-5-4-6-11-20)26-18-23(13-15-27-16-14-23)21-12-8-7-9-19(21)2/h4-12H,3,13-18H2,1-2H3,(H2,24,25,26). The van der Waals surface area contributed by atoms with Crippen molar-refractivity contribution in [1.29, 1.82) is 0 Å². The van der Waals surface area contributed by atoms with Gasteiger partial charge < -0.3 is 15.4 Å². The zero-order valence-electron chi connectivity index (χ0n) is 16.5. The molecule has 0 unspecified atom stereocenters. The zero-order valence-corrected chi connectivity index (χ0v) is 16.5. The van der Waals surface area contributed by atoms with Crippen LogP contribution in [0.4, 0.5) is 0 Å². The molecular weight excluding hydrogens is 334 g/mol. The summed E-state index contributed by atoms with van der Waals surface area (Å²) < 4.78 is 5.67. The molecule has 27 heavy (non-hydrogen) atoms. The SMILES string of the molecule is CCNC(=NCc1ccccc1)NCC1(c2ccccc2C)CCOCC1. The molecule has 0 aliphatic carbocycles. The van der Waals surface area contributed by atoms with E-state index in [-0.39, 0.29) is 5.41 Å². The van der Waals surface area contributed by atoms with Gasteiger partial charge in [0, 0.05) is 31.7 Å². The van der Waals surface area contributed by atoms with E-state index in [1.165, 1.54) is 16.7 Å². The highest BCUT2D eigenvalue weighted by atomic mass is 16.5. The van der Waals surface area contributed by atoms with Crippen LogP contribution in [-0.2, 0) is 16.7 Å². The highest BCUT2D eigenvalue weighted by Gasteiger charge is 2.35. The summed E-state index contributed by atoms with van der Waals surface area (Å²) in [7, 11) is 0. The molecule has 1 saturated heterocycles. The highest BCUT2D eigenvalue weighted by molar-refractivity contribution is 5.79. The zero-order chi connectivity index (χ0) is 19.0. The molecule has 4 heteroatoms. The number of nitrogens with one attached hydrogen (secondary N) is 2. The molecule has 2 aromatic carbocycles. The van der Waals surface area contributed by atoms with Gasteiger partial charge in [-0.05, 0) is 43.4 Å². The van der Waals surface area contributed by atoms with E-state index in [2.05, 4.69) is 73.0 Å². The Morgan fingerprint density at radius 1 is 1.00 bits per heavy atom. The summed E-state index contributed by atoms with van der Waals surface area (Å²) >= 11 is 0. The van der Waals surface area contributed by atoms with Crippen molar-refractivity contribution in [3.05, 3.63) is 71.3 Å². The van der Waals surface area contributed by atoms with Gasteiger partial charge in [-0.3, -0.25) is 0 Å². The topological polar surface area (TPSA) is 45.7 Å². The quantitative estimate of drug-likeness (QED) is 0.605. The number of ether oxygens (including phenoxy) is 1. The van der Waals surface area contributed by atoms with E-state index in [1.807, 2.05) is 6.07 Å². The van der Waals surface area contributed by atoms with E-state index in [9.17, 15) is 0 Å². The van der Waals surface area contributed by atoms with Gasteiger partial charge >= 0.3 is 0 Å². The van der Waals surface area contributed by atoms with Crippen molar-refractivity contribution in [2.45, 2.75) is 38.6 Å². The van der Waals surface area contributed by atoms with Crippen LogP contribution < -0.4 is 10.6 Å². The van der Waals surface area contributed by atoms with Gasteiger partial charge in [0.25, 0.3) is 0 Å². The highest BCUT2D eigenvalue weighted by Crippen LogP contribution is 2.36. The van der Waals surface area contributed by atoms with Crippen molar-refractivity contribution in [3.63, 3.8) is 0 Å². The predicted molar refractivity (Wildman–Crippen MR) is 112 cm³/mol. The smallest absolute Gasteiger partial charge is 0.191 e. The van der Waals surface area contributed by atoms with Crippen LogP contribution in [0.2, 0.25) is 0 Å². The van der Waals surface area contributed by atoms with Crippen LogP contribution in [0, 0.1) is 6.92 Å². The fraction of sp³-hybridized carbons (Fsp3) is 0.435. The number of aliphatic imine (C=N–C) groups is 1. The summed E-state index contributed by atoms with van der Waals surface area (Å²) in [5.41, 5.74) is 4.09. The third-order valence-electron chi connectivity index (χ3n) is 5.37. The number of benzene rings is 2. The van der Waals surface area contributed by atoms with Gasteiger partial charge in [0.1, 0.15) is 0 Å². The van der Waals surface area contributed by atoms with Gasteiger partial charge in [-0.1, -0.05) is 54.6 Å². The molecular formula is C23H31N3O. The van der Waals surface area contributed by atoms with Crippen LogP contribution in [0.1, 0.15) is 36.5 Å². The second-order valence-corrected chi connectivity index (χ2v) is 7.24. The number of aryl methyl sites for hydroxylation is 1. The van der Waals surface area contributed by atoms with Crippen LogP contribution in [0.3, 0.4) is 0 Å². The van der Waals surface area contributed by atoms with Crippen LogP contribution >= 0.6 is 0 Å². The third kappa shape index (κ3) is 5.10. The maximum absolute atomic E-state index is 5.67. The lowest BCUT2D eigenvalue weighted by Gasteiger charge is -2.39. The first kappa shape index (κ1) is 19.4. The minimum absolute atomic E-state index is 0.0898. The lowest BCUT2D eigenvalue weighted by atomic mass is 9.72. The first-order chi connectivity index (χ1) is 13.2. The van der Waals surface area contributed by atoms with Gasteiger partial charge in [-0.15, -0.1) is 0 Å². The fourth-order valence-corrected chi connectivity index (χ4v) is 3.82. The molecule has 0 atom stereocenters. The third-order valence-corrected chi connectivity index (χ3v) is 5.37. The lowest BCUT2D eigenvalue weighted by molar-refractivity contribution is 0.0512. The number of nitrogens with zero attached hydrogens (tertiary/aromatic N) is 1. The molecule has 0 saturated carbocycles. The monoisotopic (exact) mass is 365 g/mol. The summed E-state index contributed by atoms with van der Waals surface area (Å²) in [6.45, 7) is 8.33. The summed E-state index contributed by atoms with van der Waals surface area (Å²) in [5, 5.41) is 6.99. The molecule has 1 fully saturated rings. The summed E-state index contributed by atoms with van der Waals surface area (Å²) in [6.07, 6.45) is 2.06. The molecule has 144 valence electrons. The van der Waals surface area contributed by atoms with Crippen molar-refractivity contribution in [1.82, 2.24) is 10.6 Å². The first-order valence-corrected chi connectivity index (χ1v) is 9.93. The van der Waals surface area contributed by atoms with E-state index < -0.39 is 0 Å². The molecule has 0 amide bonds. The predicted octanol–water partition coefficient (Wildman–Crippen LogP) is 3.80. The van der Waals surface area contributed by atoms with Crippen LogP contribution in [0.15, 0.2) is 59.6 Å². The number of rotatable bonds is 6. The fourth-order valence-electron chi connectivity index (χ4n) is 3.82. The van der Waals surface area contributed by atoms with Crippen molar-refractivity contribution in [3.8, 4) is 0 Å². The van der Waals surface area contributed by atoms with Gasteiger partial charge in [0.2, 0.25) is 0 Å². The van der Waals surface area contributed by atoms with Crippen molar-refractivity contribution in [2.24, 2.45) is 4.99 Å². The van der Waals surface area contributed by atoms with Gasteiger partial charge in [0.05, 0.1) is 6.54 Å². The largest absolute Gasteiger partial charge is 0.381 e. The molecule has 0 radical (unpaired) electrons. The van der Waals surface area contributed by atoms with Gasteiger partial charge in [-0.2, -0.15) is 0 Å². The second-order valence-electron chi connectivity index (χ2n) is 7.24. The van der Waals surface area contributed by atoms with E-state index in [4.69, 9.17) is 9.73 Å². The van der Waals surface area contributed by atoms with Crippen molar-refractivity contribution in [2.75, 3.05) is 26.3 Å². The Morgan fingerprint density at radius 2 is 1.70 bits per heavy atom. The number of guanidine groups is 1. The van der Waals surface area contributed by atoms with Crippen LogP contribution in [0.25, 0.3) is 0 Å². The second kappa shape index (κ2) is 9.56. The minimum atomic E-state index is 0.0898. The number of hydrogen-bond donors (Lipinski definition) is 2. The normalized spacial score (nSPS) is 16.7. The molecule has 3 rings (SSSR count). The molecule has 2 N–H and O–H groups in total. The summed E-state index contributed by atoms with van der Waals surface area (Å²) in [4.78, 5) is 4.78. The Labute approximate surface area is 163 Å². The Bertz CT molecular complexity index is 736. The lowest BCUT2D eigenvalue weighted by Crippen LogP contribution is -2.48. The van der Waals surface area contributed by atoms with Gasteiger partial charge in [0.15, 0.2) is 5.96 Å². The average molecular weight is 366 g/mol. The molecule has 2 aromatic rings. The molecule has 0 bridgehead atoms. The molecule has 1 heterocycles. The van der Waals surface area contributed by atoms with Crippen LogP contribution in [0.5, 0.6) is 0 Å². The van der Waals surface area contributed by atoms with Crippen LogP contribution in [-0.4, -0.2) is 32.3 Å². The number of hydrogen-bond acceptors (Lipinski definition) is 2. The molecule has 0 aromatic heterocycles. The van der Waals surface area contributed by atoms with E-state index in [0.29, 0.717) is 6.54 Å². The maximum Gasteiger partial charge on any atom is 0.191 e. The summed E-state index contributed by atoms with van der Waals surface area (Å²) in [6, 6.07) is 19.1. The van der Waals surface area contributed by atoms with Crippen molar-refractivity contribution < 1.29 is 4.74 Å². The first-order valence-electron chi connectivity index (χ1n) is 9.93.